The molecule has 138 valence electrons. The molecule has 1 aromatic carbocycles. The fourth-order valence-corrected chi connectivity index (χ4v) is 6.82. The molecule has 4 nitrogen and oxygen atoms in total. The molecular formula is C19H21F2N3OS. The molecule has 0 unspecified atom stereocenters. The van der Waals surface area contributed by atoms with Crippen LogP contribution in [0.5, 0.6) is 0 Å². The van der Waals surface area contributed by atoms with Gasteiger partial charge >= 0.3 is 0 Å². The Bertz CT molecular complexity index is 942. The molecule has 6 rings (SSSR count). The molecular weight excluding hydrogens is 356 g/mol. The van der Waals surface area contributed by atoms with Gasteiger partial charge < -0.3 is 4.57 Å². The van der Waals surface area contributed by atoms with Crippen LogP contribution in [-0.2, 0) is 11.8 Å². The quantitative estimate of drug-likeness (QED) is 0.798. The third kappa shape index (κ3) is 2.43. The first kappa shape index (κ1) is 16.4. The lowest BCUT2D eigenvalue weighted by molar-refractivity contribution is -0.146. The van der Waals surface area contributed by atoms with E-state index >= 15 is 0 Å². The van der Waals surface area contributed by atoms with Crippen molar-refractivity contribution in [3.63, 3.8) is 0 Å². The second-order valence-corrected chi connectivity index (χ2v) is 9.44. The Morgan fingerprint density at radius 1 is 1.15 bits per heavy atom. The zero-order chi connectivity index (χ0) is 18.1. The Balaban J connectivity index is 1.44. The average molecular weight is 377 g/mol. The van der Waals surface area contributed by atoms with E-state index in [1.807, 2.05) is 0 Å². The van der Waals surface area contributed by atoms with Gasteiger partial charge in [0.15, 0.2) is 11.6 Å². The minimum atomic E-state index is -0.880. The maximum Gasteiger partial charge on any atom is 0.246 e. The van der Waals surface area contributed by atoms with Gasteiger partial charge in [-0.1, -0.05) is 11.3 Å². The second kappa shape index (κ2) is 5.62. The monoisotopic (exact) mass is 377 g/mol. The van der Waals surface area contributed by atoms with Crippen LogP contribution in [0, 0.1) is 34.8 Å². The smallest absolute Gasteiger partial charge is 0.246 e. The molecule has 4 aliphatic carbocycles. The fourth-order valence-electron chi connectivity index (χ4n) is 5.84. The van der Waals surface area contributed by atoms with Gasteiger partial charge in [0.05, 0.1) is 15.6 Å². The number of halogens is 2. The van der Waals surface area contributed by atoms with Crippen LogP contribution in [-0.4, -0.2) is 10.5 Å². The second-order valence-electron chi connectivity index (χ2n) is 8.43. The number of aryl methyl sites for hydroxylation is 1. The van der Waals surface area contributed by atoms with Crippen molar-refractivity contribution in [3.8, 4) is 0 Å². The summed E-state index contributed by atoms with van der Waals surface area (Å²) in [6.07, 6.45) is 6.80. The van der Waals surface area contributed by atoms with Crippen molar-refractivity contribution in [2.75, 3.05) is 0 Å². The molecule has 0 saturated heterocycles. The van der Waals surface area contributed by atoms with Crippen LogP contribution in [0.2, 0.25) is 0 Å². The van der Waals surface area contributed by atoms with Gasteiger partial charge in [0.2, 0.25) is 10.7 Å². The number of hydrogen-bond donors (Lipinski definition) is 1. The summed E-state index contributed by atoms with van der Waals surface area (Å²) in [7, 11) is 1.74. The molecule has 1 aromatic heterocycles. The molecule has 0 aliphatic heterocycles. The number of fused-ring (bicyclic) bond motifs is 1. The normalized spacial score (nSPS) is 33.2. The van der Waals surface area contributed by atoms with E-state index in [0.29, 0.717) is 32.8 Å². The van der Waals surface area contributed by atoms with E-state index < -0.39 is 11.6 Å². The topological polar surface area (TPSA) is 46.4 Å². The molecule has 4 aliphatic rings. The molecule has 1 N–H and O–H groups in total. The van der Waals surface area contributed by atoms with Crippen LogP contribution in [0.4, 0.5) is 8.78 Å². The lowest BCUT2D eigenvalue weighted by Crippen LogP contribution is -2.53. The largest absolute Gasteiger partial charge is 0.318 e. The lowest BCUT2D eigenvalue weighted by atomic mass is 9.49. The SMILES string of the molecule is Cn1/c(=N\NC(=O)C23CC4CC(CC(C4)C2)C3)sc2cc(F)c(F)cc21. The number of thiazole rings is 1. The van der Waals surface area contributed by atoms with Crippen LogP contribution in [0.3, 0.4) is 0 Å². The summed E-state index contributed by atoms with van der Waals surface area (Å²) in [5.41, 5.74) is 3.08. The summed E-state index contributed by atoms with van der Waals surface area (Å²) in [4.78, 5) is 13.5. The number of aromatic nitrogens is 1. The van der Waals surface area contributed by atoms with Gasteiger partial charge in [-0.3, -0.25) is 4.79 Å². The van der Waals surface area contributed by atoms with Crippen LogP contribution in [0.1, 0.15) is 38.5 Å². The zero-order valence-corrected chi connectivity index (χ0v) is 15.4. The summed E-state index contributed by atoms with van der Waals surface area (Å²) in [5.74, 6) is 0.347. The molecule has 26 heavy (non-hydrogen) atoms. The lowest BCUT2D eigenvalue weighted by Gasteiger charge is -2.55. The first-order valence-corrected chi connectivity index (χ1v) is 10.0. The van der Waals surface area contributed by atoms with Gasteiger partial charge in [0.25, 0.3) is 0 Å². The highest BCUT2D eigenvalue weighted by Crippen LogP contribution is 2.60. The van der Waals surface area contributed by atoms with Gasteiger partial charge in [-0.25, -0.2) is 14.2 Å². The van der Waals surface area contributed by atoms with Gasteiger partial charge in [0, 0.05) is 13.1 Å². The van der Waals surface area contributed by atoms with E-state index in [1.165, 1.54) is 42.7 Å². The zero-order valence-electron chi connectivity index (χ0n) is 14.6. The standard InChI is InChI=1S/C19H21F2N3OS/c1-24-15-5-13(20)14(21)6-16(15)26-18(24)23-22-17(25)19-7-10-2-11(8-19)4-12(3-10)9-19/h5-6,10-12H,2-4,7-9H2,1H3,(H,22,25)/b23-18+. The first-order chi connectivity index (χ1) is 12.4. The van der Waals surface area contributed by atoms with E-state index in [0.717, 1.165) is 19.3 Å². The van der Waals surface area contributed by atoms with Gasteiger partial charge in [-0.2, -0.15) is 0 Å². The molecule has 1 heterocycles. The van der Waals surface area contributed by atoms with Crippen molar-refractivity contribution in [3.05, 3.63) is 28.6 Å². The van der Waals surface area contributed by atoms with Crippen LogP contribution in [0.25, 0.3) is 10.2 Å². The number of carbonyl (C=O) groups excluding carboxylic acids is 1. The van der Waals surface area contributed by atoms with Crippen molar-refractivity contribution in [2.45, 2.75) is 38.5 Å². The summed E-state index contributed by atoms with van der Waals surface area (Å²) >= 11 is 1.24. The Hall–Kier alpha value is -1.76. The highest BCUT2D eigenvalue weighted by atomic mass is 32.1. The van der Waals surface area contributed by atoms with Crippen molar-refractivity contribution in [1.29, 1.82) is 0 Å². The maximum absolute atomic E-state index is 13.5. The van der Waals surface area contributed by atoms with E-state index in [-0.39, 0.29) is 11.3 Å². The third-order valence-electron chi connectivity index (χ3n) is 6.62. The first-order valence-electron chi connectivity index (χ1n) is 9.22. The van der Waals surface area contributed by atoms with Crippen molar-refractivity contribution in [2.24, 2.45) is 35.3 Å². The predicted octanol–water partition coefficient (Wildman–Crippen LogP) is 3.67. The highest BCUT2D eigenvalue weighted by molar-refractivity contribution is 7.16. The summed E-state index contributed by atoms with van der Waals surface area (Å²) in [6.45, 7) is 0. The Morgan fingerprint density at radius 3 is 2.35 bits per heavy atom. The van der Waals surface area contributed by atoms with Crippen LogP contribution in [0.15, 0.2) is 17.2 Å². The van der Waals surface area contributed by atoms with Crippen molar-refractivity contribution >= 4 is 27.5 Å². The molecule has 1 amide bonds. The molecule has 4 fully saturated rings. The number of benzene rings is 1. The maximum atomic E-state index is 13.5. The Labute approximate surface area is 153 Å². The number of nitrogens with one attached hydrogen (secondary N) is 1. The van der Waals surface area contributed by atoms with Crippen molar-refractivity contribution < 1.29 is 13.6 Å². The number of carbonyl (C=O) groups is 1. The minimum absolute atomic E-state index is 0.0198. The average Bonchev–Trinajstić information content (AvgIpc) is 2.87. The summed E-state index contributed by atoms with van der Waals surface area (Å²) < 4.78 is 29.2. The van der Waals surface area contributed by atoms with Gasteiger partial charge in [0.1, 0.15) is 0 Å². The van der Waals surface area contributed by atoms with Crippen LogP contribution < -0.4 is 10.2 Å². The van der Waals surface area contributed by atoms with E-state index in [1.54, 1.807) is 11.6 Å². The van der Waals surface area contributed by atoms with E-state index in [9.17, 15) is 13.6 Å². The summed E-state index contributed by atoms with van der Waals surface area (Å²) in [6, 6.07) is 2.34. The van der Waals surface area contributed by atoms with Gasteiger partial charge in [-0.05, 0) is 62.3 Å². The molecule has 0 spiro atoms. The molecule has 4 bridgehead atoms. The number of hydrogen-bond acceptors (Lipinski definition) is 3. The molecule has 2 aromatic rings. The molecule has 0 radical (unpaired) electrons. The van der Waals surface area contributed by atoms with Crippen LogP contribution >= 0.6 is 11.3 Å². The minimum Gasteiger partial charge on any atom is -0.318 e. The van der Waals surface area contributed by atoms with E-state index in [2.05, 4.69) is 10.5 Å². The highest BCUT2D eigenvalue weighted by Gasteiger charge is 2.54. The Kier molecular flexibility index (Phi) is 3.55. The predicted molar refractivity (Wildman–Crippen MR) is 95.0 cm³/mol. The summed E-state index contributed by atoms with van der Waals surface area (Å²) in [5, 5.41) is 4.30. The third-order valence-corrected chi connectivity index (χ3v) is 7.72. The molecule has 0 atom stereocenters. The number of nitrogens with zero attached hydrogens (tertiary/aromatic N) is 2. The fraction of sp³-hybridized carbons (Fsp3) is 0.579. The van der Waals surface area contributed by atoms with E-state index in [4.69, 9.17) is 0 Å². The number of amides is 1. The molecule has 7 heteroatoms. The molecule has 4 saturated carbocycles. The Morgan fingerprint density at radius 2 is 1.73 bits per heavy atom. The number of rotatable bonds is 2. The van der Waals surface area contributed by atoms with Crippen molar-refractivity contribution in [1.82, 2.24) is 9.99 Å². The van der Waals surface area contributed by atoms with Gasteiger partial charge in [-0.15, -0.1) is 5.10 Å².